The van der Waals surface area contributed by atoms with Crippen LogP contribution in [0.1, 0.15) is 50.9 Å². The fourth-order valence-corrected chi connectivity index (χ4v) is 3.80. The van der Waals surface area contributed by atoms with Crippen molar-refractivity contribution in [3.63, 3.8) is 0 Å². The zero-order valence-corrected chi connectivity index (χ0v) is 13.9. The first-order chi connectivity index (χ1) is 9.88. The van der Waals surface area contributed by atoms with Gasteiger partial charge in [-0.2, -0.15) is 0 Å². The second-order valence-electron chi connectivity index (χ2n) is 6.29. The van der Waals surface area contributed by atoms with Gasteiger partial charge in [0, 0.05) is 25.5 Å². The molecule has 2 atom stereocenters. The van der Waals surface area contributed by atoms with Gasteiger partial charge in [0.05, 0.1) is 6.04 Å². The van der Waals surface area contributed by atoms with E-state index in [1.807, 2.05) is 6.20 Å². The number of aromatic nitrogens is 2. The van der Waals surface area contributed by atoms with E-state index >= 15 is 0 Å². The summed E-state index contributed by atoms with van der Waals surface area (Å²) in [5, 5.41) is 3.55. The number of nitrogens with zero attached hydrogens (tertiary/aromatic N) is 3. The smallest absolute Gasteiger partial charge is 0.126 e. The molecule has 0 aromatic carbocycles. The second kappa shape index (κ2) is 8.16. The van der Waals surface area contributed by atoms with E-state index in [0.29, 0.717) is 6.04 Å². The van der Waals surface area contributed by atoms with Gasteiger partial charge in [0.15, 0.2) is 0 Å². The lowest BCUT2D eigenvalue weighted by Gasteiger charge is -2.38. The summed E-state index contributed by atoms with van der Waals surface area (Å²) in [6, 6.07) is 0.542. The normalized spacial score (nSPS) is 27.3. The highest BCUT2D eigenvalue weighted by atomic mass is 35.5. The van der Waals surface area contributed by atoms with Crippen LogP contribution in [-0.2, 0) is 6.54 Å². The molecule has 3 rings (SSSR count). The van der Waals surface area contributed by atoms with Gasteiger partial charge in [-0.1, -0.05) is 6.42 Å². The summed E-state index contributed by atoms with van der Waals surface area (Å²) < 4.78 is 2.32. The Balaban J connectivity index is 0.00000161. The van der Waals surface area contributed by atoms with E-state index < -0.39 is 0 Å². The van der Waals surface area contributed by atoms with Crippen molar-refractivity contribution in [1.29, 1.82) is 0 Å². The monoisotopic (exact) mass is 312 g/mol. The van der Waals surface area contributed by atoms with Crippen molar-refractivity contribution in [3.8, 4) is 0 Å². The first-order valence-electron chi connectivity index (χ1n) is 8.34. The van der Waals surface area contributed by atoms with Crippen molar-refractivity contribution in [3.05, 3.63) is 18.2 Å². The molecule has 120 valence electrons. The lowest BCUT2D eigenvalue weighted by molar-refractivity contribution is 0.109. The number of halogens is 1. The molecule has 0 aliphatic carbocycles. The number of nitrogens with one attached hydrogen (secondary N) is 1. The van der Waals surface area contributed by atoms with Crippen LogP contribution in [0.3, 0.4) is 0 Å². The van der Waals surface area contributed by atoms with Crippen molar-refractivity contribution in [1.82, 2.24) is 19.8 Å². The van der Waals surface area contributed by atoms with Crippen LogP contribution >= 0.6 is 12.4 Å². The van der Waals surface area contributed by atoms with E-state index in [4.69, 9.17) is 0 Å². The maximum Gasteiger partial charge on any atom is 0.126 e. The number of rotatable bonds is 4. The van der Waals surface area contributed by atoms with Crippen LogP contribution in [0.4, 0.5) is 0 Å². The predicted molar refractivity (Wildman–Crippen MR) is 88.9 cm³/mol. The molecule has 0 radical (unpaired) electrons. The first kappa shape index (κ1) is 16.8. The minimum atomic E-state index is 0. The SMILES string of the molecule is CCn1ccnc1C1CCCCN1CC1CCCNC1.Cl. The molecular weight excluding hydrogens is 284 g/mol. The summed E-state index contributed by atoms with van der Waals surface area (Å²) in [5.74, 6) is 2.12. The average Bonchev–Trinajstić information content (AvgIpc) is 2.97. The van der Waals surface area contributed by atoms with E-state index in [1.165, 1.54) is 64.1 Å². The molecule has 0 bridgehead atoms. The van der Waals surface area contributed by atoms with Crippen LogP contribution in [0, 0.1) is 5.92 Å². The van der Waals surface area contributed by atoms with E-state index in [1.54, 1.807) is 0 Å². The average molecular weight is 313 g/mol. The van der Waals surface area contributed by atoms with Crippen LogP contribution in [-0.4, -0.2) is 40.6 Å². The molecule has 1 aromatic rings. The summed E-state index contributed by atoms with van der Waals surface area (Å²) in [6.07, 6.45) is 10.8. The predicted octanol–water partition coefficient (Wildman–Crippen LogP) is 2.85. The fourth-order valence-electron chi connectivity index (χ4n) is 3.80. The maximum absolute atomic E-state index is 4.66. The van der Waals surface area contributed by atoms with Gasteiger partial charge in [-0.25, -0.2) is 4.98 Å². The molecule has 1 aromatic heterocycles. The molecule has 2 saturated heterocycles. The topological polar surface area (TPSA) is 33.1 Å². The quantitative estimate of drug-likeness (QED) is 0.928. The highest BCUT2D eigenvalue weighted by Crippen LogP contribution is 2.31. The third kappa shape index (κ3) is 3.99. The molecule has 4 nitrogen and oxygen atoms in total. The Bertz CT molecular complexity index is 414. The Hall–Kier alpha value is -0.580. The van der Waals surface area contributed by atoms with Gasteiger partial charge >= 0.3 is 0 Å². The van der Waals surface area contributed by atoms with E-state index in [9.17, 15) is 0 Å². The highest BCUT2D eigenvalue weighted by molar-refractivity contribution is 5.85. The molecule has 2 aliphatic heterocycles. The molecule has 0 spiro atoms. The summed E-state index contributed by atoms with van der Waals surface area (Å²) in [4.78, 5) is 7.36. The zero-order valence-electron chi connectivity index (χ0n) is 13.1. The van der Waals surface area contributed by atoms with Crippen LogP contribution in [0.15, 0.2) is 12.4 Å². The molecule has 0 saturated carbocycles. The molecule has 2 unspecified atom stereocenters. The largest absolute Gasteiger partial charge is 0.334 e. The van der Waals surface area contributed by atoms with Crippen molar-refractivity contribution in [2.24, 2.45) is 5.92 Å². The summed E-state index contributed by atoms with van der Waals surface area (Å²) in [5.41, 5.74) is 0. The Kier molecular flexibility index (Phi) is 6.52. The van der Waals surface area contributed by atoms with E-state index in [2.05, 4.69) is 32.9 Å². The first-order valence-corrected chi connectivity index (χ1v) is 8.34. The molecule has 0 amide bonds. The van der Waals surface area contributed by atoms with Crippen LogP contribution in [0.5, 0.6) is 0 Å². The molecule has 21 heavy (non-hydrogen) atoms. The van der Waals surface area contributed by atoms with Gasteiger partial charge in [0.25, 0.3) is 0 Å². The van der Waals surface area contributed by atoms with E-state index in [0.717, 1.165) is 12.5 Å². The number of piperidine rings is 2. The molecule has 1 N–H and O–H groups in total. The number of hydrogen-bond acceptors (Lipinski definition) is 3. The van der Waals surface area contributed by atoms with Crippen LogP contribution in [0.25, 0.3) is 0 Å². The number of imidazole rings is 1. The van der Waals surface area contributed by atoms with Gasteiger partial charge in [-0.15, -0.1) is 12.4 Å². The maximum atomic E-state index is 4.66. The lowest BCUT2D eigenvalue weighted by Crippen LogP contribution is -2.42. The molecule has 5 heteroatoms. The van der Waals surface area contributed by atoms with Crippen LogP contribution < -0.4 is 5.32 Å². The summed E-state index contributed by atoms with van der Waals surface area (Å²) >= 11 is 0. The van der Waals surface area contributed by atoms with Crippen molar-refractivity contribution in [2.75, 3.05) is 26.2 Å². The number of aryl methyl sites for hydroxylation is 1. The Morgan fingerprint density at radius 3 is 2.95 bits per heavy atom. The van der Waals surface area contributed by atoms with Gasteiger partial charge in [0.1, 0.15) is 5.82 Å². The molecular formula is C16H29ClN4. The molecule has 2 aliphatic rings. The zero-order chi connectivity index (χ0) is 13.8. The number of likely N-dealkylation sites (tertiary alicyclic amines) is 1. The van der Waals surface area contributed by atoms with Crippen LogP contribution in [0.2, 0.25) is 0 Å². The van der Waals surface area contributed by atoms with Gasteiger partial charge in [0.2, 0.25) is 0 Å². The Morgan fingerprint density at radius 2 is 2.19 bits per heavy atom. The van der Waals surface area contributed by atoms with Crippen molar-refractivity contribution < 1.29 is 0 Å². The third-order valence-electron chi connectivity index (χ3n) is 4.89. The van der Waals surface area contributed by atoms with Gasteiger partial charge in [-0.05, 0) is 58.2 Å². The highest BCUT2D eigenvalue weighted by Gasteiger charge is 2.29. The Morgan fingerprint density at radius 1 is 1.29 bits per heavy atom. The fraction of sp³-hybridized carbons (Fsp3) is 0.812. The third-order valence-corrected chi connectivity index (χ3v) is 4.89. The minimum absolute atomic E-state index is 0. The number of hydrogen-bond donors (Lipinski definition) is 1. The minimum Gasteiger partial charge on any atom is -0.334 e. The summed E-state index contributed by atoms with van der Waals surface area (Å²) in [7, 11) is 0. The van der Waals surface area contributed by atoms with Crippen molar-refractivity contribution >= 4 is 12.4 Å². The summed E-state index contributed by atoms with van der Waals surface area (Å²) in [6.45, 7) is 8.14. The van der Waals surface area contributed by atoms with E-state index in [-0.39, 0.29) is 12.4 Å². The standard InChI is InChI=1S/C16H28N4.ClH/c1-2-19-11-9-18-16(19)15-7-3-4-10-20(15)13-14-6-5-8-17-12-14;/h9,11,14-15,17H,2-8,10,12-13H2,1H3;1H. The second-order valence-corrected chi connectivity index (χ2v) is 6.29. The Labute approximate surface area is 134 Å². The molecule has 3 heterocycles. The van der Waals surface area contributed by atoms with Gasteiger partial charge < -0.3 is 9.88 Å². The van der Waals surface area contributed by atoms with Crippen molar-refractivity contribution in [2.45, 2.75) is 51.6 Å². The molecule has 2 fully saturated rings. The lowest BCUT2D eigenvalue weighted by atomic mass is 9.95. The van der Waals surface area contributed by atoms with Gasteiger partial charge in [-0.3, -0.25) is 4.90 Å².